The van der Waals surface area contributed by atoms with E-state index in [4.69, 9.17) is 4.74 Å². The van der Waals surface area contributed by atoms with Crippen LogP contribution in [0.4, 0.5) is 0 Å². The molecule has 32 heavy (non-hydrogen) atoms. The van der Waals surface area contributed by atoms with Gasteiger partial charge in [0.2, 0.25) is 0 Å². The number of halogens is 1. The molecule has 0 spiro atoms. The summed E-state index contributed by atoms with van der Waals surface area (Å²) < 4.78 is 5.44. The predicted octanol–water partition coefficient (Wildman–Crippen LogP) is 6.35. The van der Waals surface area contributed by atoms with Crippen LogP contribution in [0.2, 0.25) is 0 Å². The molecule has 3 nitrogen and oxygen atoms in total. The Balaban J connectivity index is 0.00000289. The van der Waals surface area contributed by atoms with Crippen molar-refractivity contribution >= 4 is 17.0 Å². The van der Waals surface area contributed by atoms with E-state index < -0.39 is 5.60 Å². The quantitative estimate of drug-likeness (QED) is 0.394. The summed E-state index contributed by atoms with van der Waals surface area (Å²) in [5.41, 5.74) is 2.77. The maximum absolute atomic E-state index is 11.9. The molecule has 0 saturated heterocycles. The normalized spacial score (nSPS) is 20.5. The lowest BCUT2D eigenvalue weighted by Gasteiger charge is -2.43. The second-order valence-corrected chi connectivity index (χ2v) is 8.74. The summed E-state index contributed by atoms with van der Waals surface area (Å²) in [6.07, 6.45) is 4.06. The highest BCUT2D eigenvalue weighted by Gasteiger charge is 2.41. The second kappa shape index (κ2) is 11.6. The topological polar surface area (TPSA) is 32.7 Å². The van der Waals surface area contributed by atoms with Crippen molar-refractivity contribution in [2.75, 3.05) is 13.7 Å². The highest BCUT2D eigenvalue weighted by atomic mass is 79.9. The van der Waals surface area contributed by atoms with Crippen LogP contribution in [0.3, 0.4) is 0 Å². The van der Waals surface area contributed by atoms with Gasteiger partial charge >= 0.3 is 0 Å². The molecule has 1 aliphatic rings. The van der Waals surface area contributed by atoms with E-state index in [9.17, 15) is 5.11 Å². The van der Waals surface area contributed by atoms with Crippen molar-refractivity contribution in [2.45, 2.75) is 44.4 Å². The van der Waals surface area contributed by atoms with Crippen LogP contribution in [0.5, 0.6) is 5.75 Å². The third-order valence-corrected chi connectivity index (χ3v) is 6.58. The number of hydrogen-bond donors (Lipinski definition) is 1. The largest absolute Gasteiger partial charge is 0.497 e. The molecule has 3 aromatic carbocycles. The first-order valence-corrected chi connectivity index (χ1v) is 11.3. The first-order valence-electron chi connectivity index (χ1n) is 11.3. The maximum Gasteiger partial charge on any atom is 0.119 e. The summed E-state index contributed by atoms with van der Waals surface area (Å²) in [6.45, 7) is 2.61. The van der Waals surface area contributed by atoms with Gasteiger partial charge in [0.15, 0.2) is 0 Å². The van der Waals surface area contributed by atoms with Crippen molar-refractivity contribution in [1.29, 1.82) is 0 Å². The van der Waals surface area contributed by atoms with Gasteiger partial charge in [0.05, 0.1) is 12.7 Å². The molecule has 2 atom stereocenters. The van der Waals surface area contributed by atoms with Gasteiger partial charge in [-0.3, -0.25) is 4.90 Å². The van der Waals surface area contributed by atoms with Crippen molar-refractivity contribution in [1.82, 2.24) is 4.90 Å². The van der Waals surface area contributed by atoms with Crippen LogP contribution in [-0.4, -0.2) is 23.7 Å². The Bertz CT molecular complexity index is 908. The van der Waals surface area contributed by atoms with E-state index in [1.165, 1.54) is 17.5 Å². The fourth-order valence-corrected chi connectivity index (χ4v) is 4.92. The lowest BCUT2D eigenvalue weighted by molar-refractivity contribution is -0.0674. The molecule has 0 radical (unpaired) electrons. The van der Waals surface area contributed by atoms with Gasteiger partial charge in [-0.1, -0.05) is 85.6 Å². The van der Waals surface area contributed by atoms with Gasteiger partial charge in [-0.25, -0.2) is 0 Å². The van der Waals surface area contributed by atoms with Crippen molar-refractivity contribution in [3.05, 3.63) is 102 Å². The minimum absolute atomic E-state index is 0. The van der Waals surface area contributed by atoms with Crippen LogP contribution < -0.4 is 4.74 Å². The summed E-state index contributed by atoms with van der Waals surface area (Å²) in [5.74, 6) is 0.987. The van der Waals surface area contributed by atoms with Gasteiger partial charge in [0.1, 0.15) is 5.75 Å². The monoisotopic (exact) mass is 495 g/mol. The lowest BCUT2D eigenvalue weighted by Crippen LogP contribution is -2.44. The Morgan fingerprint density at radius 2 is 1.50 bits per heavy atom. The molecule has 0 aromatic heterocycles. The third kappa shape index (κ3) is 6.00. The summed E-state index contributed by atoms with van der Waals surface area (Å²) in [4.78, 5) is 2.49. The number of ether oxygens (including phenoxy) is 1. The van der Waals surface area contributed by atoms with E-state index in [0.717, 1.165) is 50.2 Å². The molecular weight excluding hydrogens is 462 g/mol. The van der Waals surface area contributed by atoms with Gasteiger partial charge < -0.3 is 9.84 Å². The Morgan fingerprint density at radius 3 is 2.09 bits per heavy atom. The molecule has 0 bridgehead atoms. The van der Waals surface area contributed by atoms with E-state index >= 15 is 0 Å². The number of nitrogens with zero attached hydrogens (tertiary/aromatic N) is 1. The molecule has 1 fully saturated rings. The van der Waals surface area contributed by atoms with Crippen molar-refractivity contribution in [3.63, 3.8) is 0 Å². The fourth-order valence-electron chi connectivity index (χ4n) is 4.92. The zero-order chi connectivity index (χ0) is 21.5. The van der Waals surface area contributed by atoms with Crippen LogP contribution >= 0.6 is 17.0 Å². The van der Waals surface area contributed by atoms with Crippen LogP contribution in [0.1, 0.15) is 42.4 Å². The molecule has 1 unspecified atom stereocenters. The minimum atomic E-state index is -0.821. The van der Waals surface area contributed by atoms with Crippen LogP contribution in [0, 0.1) is 5.92 Å². The second-order valence-electron chi connectivity index (χ2n) is 8.74. The first-order chi connectivity index (χ1) is 15.2. The van der Waals surface area contributed by atoms with Crippen LogP contribution in [0.25, 0.3) is 0 Å². The van der Waals surface area contributed by atoms with E-state index in [0.29, 0.717) is 0 Å². The average Bonchev–Trinajstić information content (AvgIpc) is 2.82. The molecule has 1 saturated carbocycles. The summed E-state index contributed by atoms with van der Waals surface area (Å²) >= 11 is 0. The Morgan fingerprint density at radius 1 is 0.875 bits per heavy atom. The summed E-state index contributed by atoms with van der Waals surface area (Å²) in [6, 6.07) is 29.3. The molecule has 3 aromatic rings. The smallest absolute Gasteiger partial charge is 0.119 e. The molecular formula is C28H34BrNO2. The van der Waals surface area contributed by atoms with Crippen LogP contribution in [0.15, 0.2) is 84.9 Å². The van der Waals surface area contributed by atoms with E-state index in [1.807, 2.05) is 18.2 Å². The third-order valence-electron chi connectivity index (χ3n) is 6.58. The standard InChI is InChI=1S/C28H33NO2.BrH/c1-31-27-17-10-16-25(19-27)28(30)18-9-8-15-26(28)22-29(20-23-11-4-2-5-12-23)21-24-13-6-3-7-14-24;/h2-7,10-14,16-17,19,26,30H,8-9,15,18,20-22H2,1H3;1H/t26?,28-;/m0./s1. The Labute approximate surface area is 202 Å². The lowest BCUT2D eigenvalue weighted by atomic mass is 9.71. The predicted molar refractivity (Wildman–Crippen MR) is 136 cm³/mol. The summed E-state index contributed by atoms with van der Waals surface area (Å²) in [5, 5.41) is 11.9. The fraction of sp³-hybridized carbons (Fsp3) is 0.357. The van der Waals surface area contributed by atoms with Crippen molar-refractivity contribution < 1.29 is 9.84 Å². The number of hydrogen-bond acceptors (Lipinski definition) is 3. The van der Waals surface area contributed by atoms with E-state index in [-0.39, 0.29) is 22.9 Å². The molecule has 4 heteroatoms. The molecule has 0 heterocycles. The van der Waals surface area contributed by atoms with Crippen molar-refractivity contribution in [3.8, 4) is 5.75 Å². The number of aliphatic hydroxyl groups is 1. The van der Waals surface area contributed by atoms with E-state index in [2.05, 4.69) is 71.6 Å². The highest BCUT2D eigenvalue weighted by molar-refractivity contribution is 8.93. The maximum atomic E-state index is 11.9. The molecule has 1 aliphatic carbocycles. The molecule has 4 rings (SSSR count). The minimum Gasteiger partial charge on any atom is -0.497 e. The van der Waals surface area contributed by atoms with Gasteiger partial charge in [0, 0.05) is 25.6 Å². The Hall–Kier alpha value is -2.14. The average molecular weight is 496 g/mol. The SMILES string of the molecule is Br.COc1cccc([C@@]2(O)CCCCC2CN(Cc2ccccc2)Cc2ccccc2)c1. The van der Waals surface area contributed by atoms with Crippen molar-refractivity contribution in [2.24, 2.45) is 5.92 Å². The molecule has 0 amide bonds. The van der Waals surface area contributed by atoms with Crippen LogP contribution in [-0.2, 0) is 18.7 Å². The first kappa shape index (κ1) is 24.5. The van der Waals surface area contributed by atoms with Gasteiger partial charge in [-0.15, -0.1) is 17.0 Å². The zero-order valence-electron chi connectivity index (χ0n) is 18.8. The van der Waals surface area contributed by atoms with E-state index in [1.54, 1.807) is 7.11 Å². The van der Waals surface area contributed by atoms with Gasteiger partial charge in [0.25, 0.3) is 0 Å². The number of rotatable bonds is 8. The molecule has 170 valence electrons. The number of benzene rings is 3. The number of methoxy groups -OCH3 is 1. The highest BCUT2D eigenvalue weighted by Crippen LogP contribution is 2.43. The van der Waals surface area contributed by atoms with Gasteiger partial charge in [-0.05, 0) is 41.7 Å². The molecule has 0 aliphatic heterocycles. The van der Waals surface area contributed by atoms with Gasteiger partial charge in [-0.2, -0.15) is 0 Å². The zero-order valence-corrected chi connectivity index (χ0v) is 20.5. The summed E-state index contributed by atoms with van der Waals surface area (Å²) in [7, 11) is 1.68. The Kier molecular flexibility index (Phi) is 8.92. The molecule has 1 N–H and O–H groups in total.